The number of rotatable bonds is 2. The number of hydrogen-bond donors (Lipinski definition) is 0. The number of imidazole rings is 1. The van der Waals surface area contributed by atoms with Gasteiger partial charge in [-0.3, -0.25) is 8.97 Å². The monoisotopic (exact) mass is 539 g/mol. The lowest BCUT2D eigenvalue weighted by atomic mass is 10.1. The van der Waals surface area contributed by atoms with E-state index in [9.17, 15) is 0 Å². The van der Waals surface area contributed by atoms with Crippen LogP contribution in [0.5, 0.6) is 0 Å². The molecule has 4 heterocycles. The van der Waals surface area contributed by atoms with Crippen molar-refractivity contribution in [2.45, 2.75) is 0 Å². The number of pyridine rings is 1. The van der Waals surface area contributed by atoms with Gasteiger partial charge in [0.2, 0.25) is 5.95 Å². The third kappa shape index (κ3) is 2.99. The molecule has 0 atom stereocenters. The summed E-state index contributed by atoms with van der Waals surface area (Å²) in [5.41, 5.74) is 7.86. The van der Waals surface area contributed by atoms with Crippen LogP contribution >= 0.6 is 15.9 Å². The lowest BCUT2D eigenvalue weighted by Crippen LogP contribution is -2.04. The molecule has 4 aromatic carbocycles. The quantitative estimate of drug-likeness (QED) is 0.224. The first-order chi connectivity index (χ1) is 18.3. The zero-order chi connectivity index (χ0) is 24.5. The lowest BCUT2D eigenvalue weighted by Gasteiger charge is -2.12. The summed E-state index contributed by atoms with van der Waals surface area (Å²) in [6.45, 7) is 0. The van der Waals surface area contributed by atoms with Gasteiger partial charge in [0.1, 0.15) is 5.65 Å². The maximum absolute atomic E-state index is 5.22. The van der Waals surface area contributed by atoms with Gasteiger partial charge in [-0.2, -0.15) is 0 Å². The van der Waals surface area contributed by atoms with Gasteiger partial charge in [0.25, 0.3) is 0 Å². The first kappa shape index (κ1) is 20.6. The van der Waals surface area contributed by atoms with Crippen molar-refractivity contribution >= 4 is 65.3 Å². The van der Waals surface area contributed by atoms with Gasteiger partial charge >= 0.3 is 0 Å². The number of nitrogens with zero attached hydrogens (tertiary/aromatic N) is 5. The molecule has 5 nitrogen and oxygen atoms in total. The Morgan fingerprint density at radius 1 is 0.595 bits per heavy atom. The summed E-state index contributed by atoms with van der Waals surface area (Å²) in [4.78, 5) is 15.2. The van der Waals surface area contributed by atoms with E-state index in [0.717, 1.165) is 65.1 Å². The summed E-state index contributed by atoms with van der Waals surface area (Å²) in [6, 6.07) is 35.3. The van der Waals surface area contributed by atoms with Crippen LogP contribution in [0.25, 0.3) is 66.6 Å². The third-order valence-electron chi connectivity index (χ3n) is 7.00. The van der Waals surface area contributed by atoms with Gasteiger partial charge in [0, 0.05) is 32.4 Å². The first-order valence-corrected chi connectivity index (χ1v) is 12.9. The minimum absolute atomic E-state index is 0.637. The van der Waals surface area contributed by atoms with Crippen molar-refractivity contribution in [3.8, 4) is 17.2 Å². The van der Waals surface area contributed by atoms with Gasteiger partial charge in [-0.1, -0.05) is 70.5 Å². The molecule has 8 aromatic rings. The van der Waals surface area contributed by atoms with Gasteiger partial charge in [-0.05, 0) is 48.5 Å². The van der Waals surface area contributed by atoms with Crippen LogP contribution in [0.3, 0.4) is 0 Å². The molecule has 0 radical (unpaired) electrons. The average Bonchev–Trinajstić information content (AvgIpc) is 3.48. The van der Waals surface area contributed by atoms with E-state index < -0.39 is 0 Å². The molecule has 0 aliphatic rings. The Bertz CT molecular complexity index is 2160. The van der Waals surface area contributed by atoms with Crippen LogP contribution in [0, 0.1) is 0 Å². The van der Waals surface area contributed by atoms with Crippen molar-refractivity contribution in [2.24, 2.45) is 0 Å². The van der Waals surface area contributed by atoms with Gasteiger partial charge in [0.15, 0.2) is 0 Å². The molecule has 0 saturated heterocycles. The molecular formula is C31H18BrN5. The summed E-state index contributed by atoms with van der Waals surface area (Å²) >= 11 is 3.68. The van der Waals surface area contributed by atoms with Crippen LogP contribution in [0.1, 0.15) is 0 Å². The van der Waals surface area contributed by atoms with E-state index >= 15 is 0 Å². The molecule has 0 N–H and O–H groups in total. The van der Waals surface area contributed by atoms with Crippen LogP contribution in [0.2, 0.25) is 0 Å². The number of fused-ring (bicyclic) bond motifs is 8. The largest absolute Gasteiger partial charge is 0.298 e. The molecule has 0 spiro atoms. The van der Waals surface area contributed by atoms with Crippen LogP contribution in [-0.2, 0) is 0 Å². The number of halogens is 1. The van der Waals surface area contributed by atoms with Gasteiger partial charge in [-0.25, -0.2) is 15.0 Å². The Morgan fingerprint density at radius 3 is 2.35 bits per heavy atom. The zero-order valence-electron chi connectivity index (χ0n) is 19.5. The highest BCUT2D eigenvalue weighted by molar-refractivity contribution is 9.10. The summed E-state index contributed by atoms with van der Waals surface area (Å²) in [5, 5.41) is 3.29. The summed E-state index contributed by atoms with van der Waals surface area (Å²) in [7, 11) is 0. The Labute approximate surface area is 219 Å². The van der Waals surface area contributed by atoms with E-state index in [0.29, 0.717) is 5.95 Å². The molecular weight excluding hydrogens is 522 g/mol. The SMILES string of the molecule is Brc1ccc2c(c1)c1ccc3nc4ccccn4c3c1n2-c1nc(-c2ccccc2)c2ccccc2n1. The predicted molar refractivity (Wildman–Crippen MR) is 153 cm³/mol. The minimum Gasteiger partial charge on any atom is -0.298 e. The molecule has 0 amide bonds. The highest BCUT2D eigenvalue weighted by atomic mass is 79.9. The Hall–Kier alpha value is -4.55. The fourth-order valence-corrected chi connectivity index (χ4v) is 5.77. The molecule has 0 bridgehead atoms. The predicted octanol–water partition coefficient (Wildman–Crippen LogP) is 7.96. The average molecular weight is 540 g/mol. The van der Waals surface area contributed by atoms with Crippen molar-refractivity contribution in [1.29, 1.82) is 0 Å². The van der Waals surface area contributed by atoms with Crippen molar-refractivity contribution in [2.75, 3.05) is 0 Å². The lowest BCUT2D eigenvalue weighted by molar-refractivity contribution is 1.01. The Kier molecular flexibility index (Phi) is 4.30. The second-order valence-electron chi connectivity index (χ2n) is 9.12. The summed E-state index contributed by atoms with van der Waals surface area (Å²) in [6.07, 6.45) is 2.07. The fraction of sp³-hybridized carbons (Fsp3) is 0. The molecule has 0 saturated carbocycles. The first-order valence-electron chi connectivity index (χ1n) is 12.1. The van der Waals surface area contributed by atoms with E-state index in [2.05, 4.69) is 85.7 Å². The van der Waals surface area contributed by atoms with Gasteiger partial charge in [-0.15, -0.1) is 0 Å². The second-order valence-corrected chi connectivity index (χ2v) is 10.0. The van der Waals surface area contributed by atoms with Crippen LogP contribution in [-0.4, -0.2) is 23.9 Å². The van der Waals surface area contributed by atoms with Crippen molar-refractivity contribution in [1.82, 2.24) is 23.9 Å². The topological polar surface area (TPSA) is 48.0 Å². The molecule has 0 unspecified atom stereocenters. The van der Waals surface area contributed by atoms with Gasteiger partial charge in [0.05, 0.1) is 33.3 Å². The second kappa shape index (κ2) is 7.72. The van der Waals surface area contributed by atoms with Crippen molar-refractivity contribution in [3.63, 3.8) is 0 Å². The molecule has 0 aliphatic heterocycles. The van der Waals surface area contributed by atoms with E-state index in [1.165, 1.54) is 0 Å². The smallest absolute Gasteiger partial charge is 0.235 e. The van der Waals surface area contributed by atoms with Crippen LogP contribution in [0.15, 0.2) is 114 Å². The Balaban J connectivity index is 1.59. The highest BCUT2D eigenvalue weighted by Gasteiger charge is 2.21. The highest BCUT2D eigenvalue weighted by Crippen LogP contribution is 2.38. The molecule has 6 heteroatoms. The number of hydrogen-bond acceptors (Lipinski definition) is 3. The normalized spacial score (nSPS) is 11.9. The zero-order valence-corrected chi connectivity index (χ0v) is 21.1. The molecule has 37 heavy (non-hydrogen) atoms. The fourth-order valence-electron chi connectivity index (χ4n) is 5.41. The Morgan fingerprint density at radius 2 is 1.43 bits per heavy atom. The maximum Gasteiger partial charge on any atom is 0.235 e. The molecule has 8 rings (SSSR count). The van der Waals surface area contributed by atoms with Gasteiger partial charge < -0.3 is 0 Å². The van der Waals surface area contributed by atoms with Crippen molar-refractivity contribution < 1.29 is 0 Å². The van der Waals surface area contributed by atoms with E-state index in [4.69, 9.17) is 15.0 Å². The summed E-state index contributed by atoms with van der Waals surface area (Å²) in [5.74, 6) is 0.637. The molecule has 4 aromatic heterocycles. The van der Waals surface area contributed by atoms with Crippen LogP contribution < -0.4 is 0 Å². The van der Waals surface area contributed by atoms with Crippen molar-refractivity contribution in [3.05, 3.63) is 114 Å². The van der Waals surface area contributed by atoms with Crippen LogP contribution in [0.4, 0.5) is 0 Å². The number of para-hydroxylation sites is 1. The van der Waals surface area contributed by atoms with E-state index in [-0.39, 0.29) is 0 Å². The minimum atomic E-state index is 0.637. The molecule has 0 fully saturated rings. The van der Waals surface area contributed by atoms with E-state index in [1.54, 1.807) is 0 Å². The maximum atomic E-state index is 5.22. The summed E-state index contributed by atoms with van der Waals surface area (Å²) < 4.78 is 5.38. The number of benzene rings is 4. The van der Waals surface area contributed by atoms with E-state index in [1.807, 2.05) is 48.5 Å². The molecule has 174 valence electrons. The third-order valence-corrected chi connectivity index (χ3v) is 7.49. The standard InChI is InChI=1S/C31H18BrN5/c32-20-13-16-26-23(18-20)21-14-15-25-30(36-17-7-6-12-27(36)33-25)29(21)37(26)31-34-24-11-5-4-10-22(24)28(35-31)19-8-2-1-3-9-19/h1-18H. The molecule has 0 aliphatic carbocycles. The number of aromatic nitrogens is 5.